The Morgan fingerprint density at radius 3 is 2.89 bits per heavy atom. The quantitative estimate of drug-likeness (QED) is 0.695. The molecular weight excluding hydrogens is 381 g/mol. The number of thiazole rings is 1. The molecule has 0 spiro atoms. The molecule has 2 aromatic carbocycles. The number of rotatable bonds is 4. The third-order valence-corrected chi connectivity index (χ3v) is 5.19. The molecule has 1 aliphatic rings. The highest BCUT2D eigenvalue weighted by atomic mass is 32.1. The van der Waals surface area contributed by atoms with Gasteiger partial charge >= 0.3 is 0 Å². The third-order valence-electron chi connectivity index (χ3n) is 4.44. The van der Waals surface area contributed by atoms with E-state index in [1.807, 2.05) is 23.6 Å². The van der Waals surface area contributed by atoms with E-state index in [1.54, 1.807) is 0 Å². The predicted octanol–water partition coefficient (Wildman–Crippen LogP) is 4.09. The summed E-state index contributed by atoms with van der Waals surface area (Å²) < 4.78 is 18.6. The normalized spacial score (nSPS) is 12.9. The van der Waals surface area contributed by atoms with Crippen LogP contribution in [-0.4, -0.2) is 23.9 Å². The van der Waals surface area contributed by atoms with Crippen molar-refractivity contribution < 1.29 is 18.7 Å². The van der Waals surface area contributed by atoms with E-state index in [2.05, 4.69) is 15.6 Å². The summed E-state index contributed by atoms with van der Waals surface area (Å²) in [4.78, 5) is 28.3. The molecule has 8 heteroatoms. The maximum absolute atomic E-state index is 13.8. The van der Waals surface area contributed by atoms with Gasteiger partial charge in [0, 0.05) is 28.6 Å². The lowest BCUT2D eigenvalue weighted by Crippen LogP contribution is -2.18. The largest absolute Gasteiger partial charge is 0.494 e. The van der Waals surface area contributed by atoms with Gasteiger partial charge in [0.1, 0.15) is 0 Å². The Labute approximate surface area is 164 Å². The van der Waals surface area contributed by atoms with E-state index in [1.165, 1.54) is 30.6 Å². The SMILES string of the molecule is COc1ccc(C(=O)Nc2nc(-c3ccc4c(c3)CCC(=O)N4)cs2)cc1F. The van der Waals surface area contributed by atoms with Crippen LogP contribution in [-0.2, 0) is 11.2 Å². The number of halogens is 1. The van der Waals surface area contributed by atoms with E-state index in [4.69, 9.17) is 4.74 Å². The lowest BCUT2D eigenvalue weighted by Gasteiger charge is -2.17. The smallest absolute Gasteiger partial charge is 0.257 e. The number of methoxy groups -OCH3 is 1. The van der Waals surface area contributed by atoms with Crippen molar-refractivity contribution in [2.24, 2.45) is 0 Å². The Morgan fingerprint density at radius 1 is 1.25 bits per heavy atom. The van der Waals surface area contributed by atoms with Gasteiger partial charge in [-0.3, -0.25) is 14.9 Å². The van der Waals surface area contributed by atoms with E-state index >= 15 is 0 Å². The van der Waals surface area contributed by atoms with Crippen molar-refractivity contribution in [1.29, 1.82) is 0 Å². The summed E-state index contributed by atoms with van der Waals surface area (Å²) >= 11 is 1.29. The second-order valence-corrected chi connectivity index (χ2v) is 7.12. The molecule has 0 unspecified atom stereocenters. The number of anilines is 2. The van der Waals surface area contributed by atoms with Gasteiger partial charge in [-0.15, -0.1) is 11.3 Å². The molecule has 1 aliphatic heterocycles. The number of amides is 2. The van der Waals surface area contributed by atoms with Gasteiger partial charge in [0.25, 0.3) is 5.91 Å². The molecule has 2 N–H and O–H groups in total. The van der Waals surface area contributed by atoms with Gasteiger partial charge in [-0.05, 0) is 42.3 Å². The van der Waals surface area contributed by atoms with Crippen molar-refractivity contribution in [2.75, 3.05) is 17.7 Å². The maximum atomic E-state index is 13.8. The second-order valence-electron chi connectivity index (χ2n) is 6.26. The van der Waals surface area contributed by atoms with Crippen LogP contribution in [0.3, 0.4) is 0 Å². The maximum Gasteiger partial charge on any atom is 0.257 e. The van der Waals surface area contributed by atoms with Crippen LogP contribution < -0.4 is 15.4 Å². The van der Waals surface area contributed by atoms with E-state index in [9.17, 15) is 14.0 Å². The zero-order chi connectivity index (χ0) is 19.7. The molecule has 0 saturated carbocycles. The number of aromatic nitrogens is 1. The van der Waals surface area contributed by atoms with Crippen molar-refractivity contribution in [3.63, 3.8) is 0 Å². The highest BCUT2D eigenvalue weighted by Crippen LogP contribution is 2.30. The monoisotopic (exact) mass is 397 g/mol. The molecule has 0 radical (unpaired) electrons. The first-order valence-electron chi connectivity index (χ1n) is 8.57. The number of nitrogens with zero attached hydrogens (tertiary/aromatic N) is 1. The van der Waals surface area contributed by atoms with Gasteiger partial charge in [0.2, 0.25) is 5.91 Å². The minimum absolute atomic E-state index is 0.0221. The van der Waals surface area contributed by atoms with Crippen LogP contribution in [0, 0.1) is 5.82 Å². The van der Waals surface area contributed by atoms with E-state index in [0.717, 1.165) is 28.6 Å². The summed E-state index contributed by atoms with van der Waals surface area (Å²) in [5.41, 5.74) is 3.69. The third kappa shape index (κ3) is 3.59. The fourth-order valence-corrected chi connectivity index (χ4v) is 3.70. The molecule has 2 heterocycles. The van der Waals surface area contributed by atoms with Gasteiger partial charge in [0.15, 0.2) is 16.7 Å². The van der Waals surface area contributed by atoms with Crippen molar-refractivity contribution in [1.82, 2.24) is 4.98 Å². The molecule has 6 nitrogen and oxygen atoms in total. The average Bonchev–Trinajstić information content (AvgIpc) is 3.16. The van der Waals surface area contributed by atoms with Crippen LogP contribution in [0.25, 0.3) is 11.3 Å². The Morgan fingerprint density at radius 2 is 2.11 bits per heavy atom. The Hall–Kier alpha value is -3.26. The van der Waals surface area contributed by atoms with Crippen LogP contribution in [0.2, 0.25) is 0 Å². The number of ether oxygens (including phenoxy) is 1. The number of hydrogen-bond donors (Lipinski definition) is 2. The van der Waals surface area contributed by atoms with Crippen molar-refractivity contribution in [3.8, 4) is 17.0 Å². The molecule has 1 aromatic heterocycles. The Balaban J connectivity index is 1.51. The highest BCUT2D eigenvalue weighted by Gasteiger charge is 2.17. The molecular formula is C20H16FN3O3S. The van der Waals surface area contributed by atoms with Crippen molar-refractivity contribution in [3.05, 3.63) is 58.7 Å². The zero-order valence-electron chi connectivity index (χ0n) is 14.9. The molecule has 0 aliphatic carbocycles. The lowest BCUT2D eigenvalue weighted by molar-refractivity contribution is -0.116. The number of nitrogens with one attached hydrogen (secondary N) is 2. The van der Waals surface area contributed by atoms with Gasteiger partial charge in [0.05, 0.1) is 12.8 Å². The van der Waals surface area contributed by atoms with Crippen molar-refractivity contribution in [2.45, 2.75) is 12.8 Å². The Bertz CT molecular complexity index is 1080. The number of hydrogen-bond acceptors (Lipinski definition) is 5. The first-order chi connectivity index (χ1) is 13.5. The van der Waals surface area contributed by atoms with E-state index in [-0.39, 0.29) is 17.2 Å². The molecule has 28 heavy (non-hydrogen) atoms. The standard InChI is InChI=1S/C20H16FN3O3S/c1-27-17-6-3-13(9-14(17)21)19(26)24-20-23-16(10-28-20)12-2-5-15-11(8-12)4-7-18(25)22-15/h2-3,5-6,8-10H,4,7H2,1H3,(H,22,25)(H,23,24,26). The van der Waals surface area contributed by atoms with Gasteiger partial charge < -0.3 is 10.1 Å². The summed E-state index contributed by atoms with van der Waals surface area (Å²) in [6.07, 6.45) is 1.15. The van der Waals surface area contributed by atoms with Crippen LogP contribution in [0.4, 0.5) is 15.2 Å². The molecule has 2 amide bonds. The number of carbonyl (C=O) groups excluding carboxylic acids is 2. The van der Waals surface area contributed by atoms with Gasteiger partial charge in [-0.2, -0.15) is 0 Å². The minimum atomic E-state index is -0.601. The molecule has 0 saturated heterocycles. The van der Waals surface area contributed by atoms with Crippen molar-refractivity contribution >= 4 is 34.0 Å². The zero-order valence-corrected chi connectivity index (χ0v) is 15.7. The van der Waals surface area contributed by atoms with Gasteiger partial charge in [-0.25, -0.2) is 9.37 Å². The molecule has 3 aromatic rings. The first-order valence-corrected chi connectivity index (χ1v) is 9.45. The number of benzene rings is 2. The molecule has 4 rings (SSSR count). The summed E-state index contributed by atoms with van der Waals surface area (Å²) in [6.45, 7) is 0. The summed E-state index contributed by atoms with van der Waals surface area (Å²) in [5, 5.41) is 7.79. The van der Waals surface area contributed by atoms with Crippen LogP contribution in [0.1, 0.15) is 22.3 Å². The molecule has 0 bridgehead atoms. The summed E-state index contributed by atoms with van der Waals surface area (Å²) in [6, 6.07) is 9.76. The fourth-order valence-electron chi connectivity index (χ4n) is 2.98. The molecule has 142 valence electrons. The topological polar surface area (TPSA) is 80.3 Å². The van der Waals surface area contributed by atoms with Crippen LogP contribution in [0.5, 0.6) is 5.75 Å². The Kier molecular flexibility index (Phi) is 4.79. The fraction of sp³-hybridized carbons (Fsp3) is 0.150. The van der Waals surface area contributed by atoms with Crippen LogP contribution in [0.15, 0.2) is 41.8 Å². The van der Waals surface area contributed by atoms with Crippen LogP contribution >= 0.6 is 11.3 Å². The second kappa shape index (κ2) is 7.40. The number of fused-ring (bicyclic) bond motifs is 1. The number of aryl methyl sites for hydroxylation is 1. The van der Waals surface area contributed by atoms with E-state index < -0.39 is 11.7 Å². The lowest BCUT2D eigenvalue weighted by atomic mass is 9.99. The van der Waals surface area contributed by atoms with Gasteiger partial charge in [-0.1, -0.05) is 6.07 Å². The van der Waals surface area contributed by atoms with E-state index in [0.29, 0.717) is 18.0 Å². The average molecular weight is 397 g/mol. The minimum Gasteiger partial charge on any atom is -0.494 e. The summed E-state index contributed by atoms with van der Waals surface area (Å²) in [7, 11) is 1.36. The highest BCUT2D eigenvalue weighted by molar-refractivity contribution is 7.14. The predicted molar refractivity (Wildman–Crippen MR) is 105 cm³/mol. The summed E-state index contributed by atoms with van der Waals surface area (Å²) in [5.74, 6) is -0.947. The molecule has 0 atom stereocenters. The molecule has 0 fully saturated rings. The first kappa shape index (κ1) is 18.1. The number of carbonyl (C=O) groups is 2.